The number of hydrogen-bond acceptors (Lipinski definition) is 1. The van der Waals surface area contributed by atoms with Gasteiger partial charge >= 0.3 is 0 Å². The maximum absolute atomic E-state index is 2.36. The van der Waals surface area contributed by atoms with Crippen LogP contribution in [0.5, 0.6) is 0 Å². The zero-order valence-electron chi connectivity index (χ0n) is 22.5. The predicted octanol–water partition coefficient (Wildman–Crippen LogP) is 10.1. The van der Waals surface area contributed by atoms with E-state index in [9.17, 15) is 0 Å². The lowest BCUT2D eigenvalue weighted by Gasteiger charge is -2.25. The highest BCUT2D eigenvalue weighted by molar-refractivity contribution is 6.10. The molecule has 2 heteroatoms. The summed E-state index contributed by atoms with van der Waals surface area (Å²) in [6.45, 7) is 0. The van der Waals surface area contributed by atoms with E-state index >= 15 is 0 Å². The maximum atomic E-state index is 2.36. The molecule has 0 radical (unpaired) electrons. The Morgan fingerprint density at radius 1 is 0.450 bits per heavy atom. The molecule has 192 valence electrons. The first-order valence-electron chi connectivity index (χ1n) is 13.8. The molecule has 0 bridgehead atoms. The third-order valence-corrected chi connectivity index (χ3v) is 7.79. The van der Waals surface area contributed by atoms with Crippen molar-refractivity contribution in [2.45, 2.75) is 6.42 Å². The van der Waals surface area contributed by atoms with Gasteiger partial charge in [0.15, 0.2) is 0 Å². The van der Waals surface area contributed by atoms with Crippen LogP contribution >= 0.6 is 0 Å². The molecule has 7 rings (SSSR count). The lowest BCUT2D eigenvalue weighted by molar-refractivity contribution is 1.01. The van der Waals surface area contributed by atoms with Gasteiger partial charge in [-0.1, -0.05) is 97.1 Å². The quantitative estimate of drug-likeness (QED) is 0.214. The molecular formula is C38H30N2. The summed E-state index contributed by atoms with van der Waals surface area (Å²) in [4.78, 5) is 2.33. The Kier molecular flexibility index (Phi) is 6.14. The Morgan fingerprint density at radius 2 is 1.00 bits per heavy atom. The fourth-order valence-corrected chi connectivity index (χ4v) is 5.82. The number of nitrogens with zero attached hydrogens (tertiary/aromatic N) is 2. The van der Waals surface area contributed by atoms with Gasteiger partial charge in [0, 0.05) is 45.9 Å². The maximum Gasteiger partial charge on any atom is 0.0490 e. The van der Waals surface area contributed by atoms with Crippen LogP contribution in [0.3, 0.4) is 0 Å². The molecule has 40 heavy (non-hydrogen) atoms. The topological polar surface area (TPSA) is 8.17 Å². The molecule has 0 aliphatic carbocycles. The van der Waals surface area contributed by atoms with Crippen LogP contribution in [0.25, 0.3) is 32.9 Å². The molecule has 0 amide bonds. The molecule has 0 saturated heterocycles. The SMILES string of the molecule is Cn1c2ccc(-c3cccc(Cc4ccccc4)c3)cc2c2cc(N(c3ccccc3)c3ccccc3)ccc21. The second kappa shape index (κ2) is 10.2. The van der Waals surface area contributed by atoms with E-state index in [0.29, 0.717) is 0 Å². The zero-order chi connectivity index (χ0) is 26.9. The van der Waals surface area contributed by atoms with Crippen molar-refractivity contribution < 1.29 is 0 Å². The molecule has 0 atom stereocenters. The number of fused-ring (bicyclic) bond motifs is 3. The van der Waals surface area contributed by atoms with Gasteiger partial charge in [0.05, 0.1) is 0 Å². The molecule has 0 N–H and O–H groups in total. The summed E-state index contributed by atoms with van der Waals surface area (Å²) in [6, 6.07) is 54.5. The molecule has 0 unspecified atom stereocenters. The van der Waals surface area contributed by atoms with E-state index in [4.69, 9.17) is 0 Å². The minimum absolute atomic E-state index is 0.934. The number of para-hydroxylation sites is 2. The van der Waals surface area contributed by atoms with Crippen molar-refractivity contribution in [3.8, 4) is 11.1 Å². The molecule has 2 nitrogen and oxygen atoms in total. The summed E-state index contributed by atoms with van der Waals surface area (Å²) in [5.74, 6) is 0. The van der Waals surface area contributed by atoms with E-state index in [1.54, 1.807) is 0 Å². The molecule has 1 heterocycles. The van der Waals surface area contributed by atoms with Crippen LogP contribution in [0.2, 0.25) is 0 Å². The second-order valence-electron chi connectivity index (χ2n) is 10.4. The number of anilines is 3. The van der Waals surface area contributed by atoms with Crippen molar-refractivity contribution in [2.75, 3.05) is 4.90 Å². The number of aryl methyl sites for hydroxylation is 1. The van der Waals surface area contributed by atoms with Gasteiger partial charge in [0.2, 0.25) is 0 Å². The van der Waals surface area contributed by atoms with Crippen molar-refractivity contribution >= 4 is 38.9 Å². The average molecular weight is 515 g/mol. The molecule has 0 fully saturated rings. The fraction of sp³-hybridized carbons (Fsp3) is 0.0526. The number of benzene rings is 6. The molecule has 7 aromatic rings. The highest BCUT2D eigenvalue weighted by Crippen LogP contribution is 2.39. The molecule has 0 aliphatic heterocycles. The Balaban J connectivity index is 1.34. The van der Waals surface area contributed by atoms with E-state index < -0.39 is 0 Å². The highest BCUT2D eigenvalue weighted by atomic mass is 15.1. The van der Waals surface area contributed by atoms with Crippen LogP contribution in [-0.2, 0) is 13.5 Å². The largest absolute Gasteiger partial charge is 0.344 e. The first kappa shape index (κ1) is 24.0. The van der Waals surface area contributed by atoms with Gasteiger partial charge in [-0.05, 0) is 83.3 Å². The number of rotatable bonds is 6. The highest BCUT2D eigenvalue weighted by Gasteiger charge is 2.16. The van der Waals surface area contributed by atoms with Gasteiger partial charge in [0.25, 0.3) is 0 Å². The lowest BCUT2D eigenvalue weighted by Crippen LogP contribution is -2.09. The third kappa shape index (κ3) is 4.44. The van der Waals surface area contributed by atoms with Crippen LogP contribution in [0.15, 0.2) is 152 Å². The lowest BCUT2D eigenvalue weighted by atomic mass is 9.98. The molecule has 0 aliphatic rings. The van der Waals surface area contributed by atoms with E-state index in [0.717, 1.165) is 23.5 Å². The number of aromatic nitrogens is 1. The second-order valence-corrected chi connectivity index (χ2v) is 10.4. The summed E-state index contributed by atoms with van der Waals surface area (Å²) < 4.78 is 2.30. The van der Waals surface area contributed by atoms with Gasteiger partial charge in [-0.15, -0.1) is 0 Å². The average Bonchev–Trinajstić information content (AvgIpc) is 3.29. The predicted molar refractivity (Wildman–Crippen MR) is 170 cm³/mol. The van der Waals surface area contributed by atoms with Crippen LogP contribution < -0.4 is 4.90 Å². The number of hydrogen-bond donors (Lipinski definition) is 0. The van der Waals surface area contributed by atoms with Crippen LogP contribution in [-0.4, -0.2) is 4.57 Å². The monoisotopic (exact) mass is 514 g/mol. The van der Waals surface area contributed by atoms with Gasteiger partial charge < -0.3 is 9.47 Å². The first-order valence-corrected chi connectivity index (χ1v) is 13.8. The summed E-state index contributed by atoms with van der Waals surface area (Å²) >= 11 is 0. The van der Waals surface area contributed by atoms with E-state index in [2.05, 4.69) is 168 Å². The van der Waals surface area contributed by atoms with E-state index in [-0.39, 0.29) is 0 Å². The van der Waals surface area contributed by atoms with Crippen molar-refractivity contribution in [2.24, 2.45) is 7.05 Å². The first-order chi connectivity index (χ1) is 19.7. The summed E-state index contributed by atoms with van der Waals surface area (Å²) in [5, 5.41) is 2.53. The van der Waals surface area contributed by atoms with Crippen molar-refractivity contribution in [1.82, 2.24) is 4.57 Å². The minimum Gasteiger partial charge on any atom is -0.344 e. The molecule has 6 aromatic carbocycles. The minimum atomic E-state index is 0.934. The summed E-state index contributed by atoms with van der Waals surface area (Å²) in [7, 11) is 2.16. The Hall–Kier alpha value is -5.08. The third-order valence-electron chi connectivity index (χ3n) is 7.79. The van der Waals surface area contributed by atoms with E-state index in [1.165, 1.54) is 44.1 Å². The zero-order valence-corrected chi connectivity index (χ0v) is 22.5. The summed E-state index contributed by atoms with van der Waals surface area (Å²) in [6.07, 6.45) is 0.934. The Bertz CT molecular complexity index is 1880. The molecule has 0 spiro atoms. The van der Waals surface area contributed by atoms with Crippen molar-refractivity contribution in [1.29, 1.82) is 0 Å². The molecular weight excluding hydrogens is 484 g/mol. The van der Waals surface area contributed by atoms with E-state index in [1.807, 2.05) is 0 Å². The van der Waals surface area contributed by atoms with Gasteiger partial charge in [-0.25, -0.2) is 0 Å². The van der Waals surface area contributed by atoms with Crippen LogP contribution in [0, 0.1) is 0 Å². The Labute approximate surface area is 235 Å². The van der Waals surface area contributed by atoms with Crippen LogP contribution in [0.1, 0.15) is 11.1 Å². The van der Waals surface area contributed by atoms with Gasteiger partial charge in [-0.2, -0.15) is 0 Å². The Morgan fingerprint density at radius 3 is 1.68 bits per heavy atom. The van der Waals surface area contributed by atoms with Crippen molar-refractivity contribution in [3.63, 3.8) is 0 Å². The normalized spacial score (nSPS) is 11.2. The van der Waals surface area contributed by atoms with Crippen molar-refractivity contribution in [3.05, 3.63) is 163 Å². The van der Waals surface area contributed by atoms with Gasteiger partial charge in [-0.3, -0.25) is 0 Å². The standard InChI is InChI=1S/C38H30N2/c1-39-37-22-20-31(30-15-11-14-29(25-30)24-28-12-5-2-6-13-28)26-35(37)36-27-34(21-23-38(36)39)40(32-16-7-3-8-17-32)33-18-9-4-10-19-33/h2-23,25-27H,24H2,1H3. The summed E-state index contributed by atoms with van der Waals surface area (Å²) in [5.41, 5.74) is 11.0. The van der Waals surface area contributed by atoms with Gasteiger partial charge in [0.1, 0.15) is 0 Å². The smallest absolute Gasteiger partial charge is 0.0490 e. The molecule has 1 aromatic heterocycles. The molecule has 0 saturated carbocycles. The fourth-order valence-electron chi connectivity index (χ4n) is 5.82. The van der Waals surface area contributed by atoms with Crippen LogP contribution in [0.4, 0.5) is 17.1 Å².